The third-order valence-electron chi connectivity index (χ3n) is 6.82. The number of nitrogens with zero attached hydrogens (tertiary/aromatic N) is 1. The van der Waals surface area contributed by atoms with Gasteiger partial charge in [-0.25, -0.2) is 4.90 Å². The van der Waals surface area contributed by atoms with E-state index in [0.29, 0.717) is 5.56 Å². The van der Waals surface area contributed by atoms with E-state index in [1.54, 1.807) is 36.4 Å². The molecule has 2 fully saturated rings. The summed E-state index contributed by atoms with van der Waals surface area (Å²) < 4.78 is 7.05. The summed E-state index contributed by atoms with van der Waals surface area (Å²) in [6.07, 6.45) is -0.994. The maximum absolute atomic E-state index is 13.9. The molecule has 0 bridgehead atoms. The van der Waals surface area contributed by atoms with Crippen molar-refractivity contribution in [3.63, 3.8) is 0 Å². The second-order valence-electron chi connectivity index (χ2n) is 8.67. The number of carbonyl (C=O) groups excluding carboxylic acids is 4. The number of imide groups is 1. The molecule has 0 N–H and O–H groups in total. The fraction of sp³-hybridized carbons (Fsp3) is 0.154. The normalized spacial score (nSPS) is 24.4. The molecular formula is C26H14BrCl2NO5. The summed E-state index contributed by atoms with van der Waals surface area (Å²) in [5.74, 6) is -4.94. The van der Waals surface area contributed by atoms with Gasteiger partial charge in [-0.05, 0) is 35.9 Å². The summed E-state index contributed by atoms with van der Waals surface area (Å²) in [6, 6.07) is 17.7. The molecule has 1 aliphatic carbocycles. The van der Waals surface area contributed by atoms with Crippen LogP contribution in [0.3, 0.4) is 0 Å². The topological polar surface area (TPSA) is 80.8 Å². The van der Waals surface area contributed by atoms with Crippen molar-refractivity contribution in [3.05, 3.63) is 97.9 Å². The quantitative estimate of drug-likeness (QED) is 0.302. The van der Waals surface area contributed by atoms with E-state index in [9.17, 15) is 19.2 Å². The van der Waals surface area contributed by atoms with Gasteiger partial charge in [0, 0.05) is 25.6 Å². The van der Waals surface area contributed by atoms with Gasteiger partial charge in [0.2, 0.25) is 29.0 Å². The van der Waals surface area contributed by atoms with Crippen molar-refractivity contribution in [1.82, 2.24) is 0 Å². The minimum Gasteiger partial charge on any atom is -0.349 e. The van der Waals surface area contributed by atoms with Gasteiger partial charge in [0.25, 0.3) is 0 Å². The molecule has 35 heavy (non-hydrogen) atoms. The molecule has 2 amide bonds. The van der Waals surface area contributed by atoms with Gasteiger partial charge in [-0.3, -0.25) is 19.2 Å². The van der Waals surface area contributed by atoms with Crippen LogP contribution in [0.25, 0.3) is 0 Å². The molecule has 3 atom stereocenters. The SMILES string of the molecule is O=C1[C@H]2[C@H](c3ccc(Br)cc3)OC3(C(=O)c4ccccc4C3=O)[C@H]2C(=O)N1c1cc(Cl)cc(Cl)c1. The lowest BCUT2D eigenvalue weighted by molar-refractivity contribution is -0.127. The highest BCUT2D eigenvalue weighted by Crippen LogP contribution is 2.57. The number of Topliss-reactive ketones (excluding diaryl/α,β-unsaturated/α-hetero) is 2. The van der Waals surface area contributed by atoms with Crippen molar-refractivity contribution in [2.24, 2.45) is 11.8 Å². The third kappa shape index (κ3) is 3.05. The first-order valence-corrected chi connectivity index (χ1v) is 12.2. The zero-order chi connectivity index (χ0) is 24.6. The number of carbonyl (C=O) groups is 4. The Morgan fingerprint density at radius 3 is 1.94 bits per heavy atom. The van der Waals surface area contributed by atoms with Gasteiger partial charge in [-0.1, -0.05) is 75.5 Å². The maximum Gasteiger partial charge on any atom is 0.241 e. The highest BCUT2D eigenvalue weighted by molar-refractivity contribution is 9.10. The summed E-state index contributed by atoms with van der Waals surface area (Å²) in [4.78, 5) is 56.1. The molecular weight excluding hydrogens is 557 g/mol. The molecule has 0 saturated carbocycles. The predicted molar refractivity (Wildman–Crippen MR) is 132 cm³/mol. The van der Waals surface area contributed by atoms with Crippen molar-refractivity contribution in [1.29, 1.82) is 0 Å². The fourth-order valence-corrected chi connectivity index (χ4v) is 6.17. The Labute approximate surface area is 217 Å². The Hall–Kier alpha value is -2.84. The molecule has 2 saturated heterocycles. The van der Waals surface area contributed by atoms with E-state index in [4.69, 9.17) is 27.9 Å². The minimum atomic E-state index is -2.13. The molecule has 2 heterocycles. The number of hydrogen-bond acceptors (Lipinski definition) is 5. The Bertz CT molecular complexity index is 1420. The van der Waals surface area contributed by atoms with Gasteiger partial charge < -0.3 is 4.74 Å². The second-order valence-corrected chi connectivity index (χ2v) is 10.5. The monoisotopic (exact) mass is 569 g/mol. The van der Waals surface area contributed by atoms with Crippen LogP contribution in [0.1, 0.15) is 32.4 Å². The van der Waals surface area contributed by atoms with Crippen LogP contribution in [0.5, 0.6) is 0 Å². The van der Waals surface area contributed by atoms with Gasteiger partial charge in [0.1, 0.15) is 0 Å². The van der Waals surface area contributed by atoms with Crippen LogP contribution in [0.2, 0.25) is 10.0 Å². The first-order chi connectivity index (χ1) is 16.7. The second kappa shape index (κ2) is 7.83. The van der Waals surface area contributed by atoms with Crippen molar-refractivity contribution in [2.45, 2.75) is 11.7 Å². The van der Waals surface area contributed by atoms with Crippen molar-refractivity contribution < 1.29 is 23.9 Å². The number of rotatable bonds is 2. The molecule has 0 aromatic heterocycles. The van der Waals surface area contributed by atoms with Gasteiger partial charge in [0.15, 0.2) is 0 Å². The smallest absolute Gasteiger partial charge is 0.241 e. The van der Waals surface area contributed by atoms with Crippen LogP contribution < -0.4 is 4.90 Å². The van der Waals surface area contributed by atoms with Gasteiger partial charge in [0.05, 0.1) is 23.6 Å². The number of anilines is 1. The summed E-state index contributed by atoms with van der Waals surface area (Å²) in [6.45, 7) is 0. The van der Waals surface area contributed by atoms with Crippen molar-refractivity contribution in [2.75, 3.05) is 4.90 Å². The van der Waals surface area contributed by atoms with Gasteiger partial charge in [-0.2, -0.15) is 0 Å². The number of benzene rings is 3. The number of amides is 2. The highest BCUT2D eigenvalue weighted by Gasteiger charge is 2.74. The van der Waals surface area contributed by atoms with Gasteiger partial charge in [-0.15, -0.1) is 0 Å². The fourth-order valence-electron chi connectivity index (χ4n) is 5.39. The number of fused-ring (bicyclic) bond motifs is 3. The standard InChI is InChI=1S/C26H14BrCl2NO5/c27-13-7-5-12(6-8-13)21-19-20(25(34)30(24(19)33)16-10-14(28)9-15(29)11-16)26(35-21)22(31)17-3-1-2-4-18(17)23(26)32/h1-11,19-21H/t19-,20-,21+/m1/s1. The average Bonchev–Trinajstić information content (AvgIpc) is 3.39. The molecule has 3 aromatic rings. The third-order valence-corrected chi connectivity index (χ3v) is 7.79. The van der Waals surface area contributed by atoms with Gasteiger partial charge >= 0.3 is 0 Å². The van der Waals surface area contributed by atoms with Crippen molar-refractivity contribution in [3.8, 4) is 0 Å². The molecule has 6 nitrogen and oxygen atoms in total. The van der Waals surface area contributed by atoms with Crippen molar-refractivity contribution >= 4 is 68.2 Å². The first kappa shape index (κ1) is 22.6. The summed E-state index contributed by atoms with van der Waals surface area (Å²) in [7, 11) is 0. The van der Waals surface area contributed by atoms with E-state index in [-0.39, 0.29) is 26.9 Å². The molecule has 2 aliphatic heterocycles. The number of halogens is 3. The van der Waals surface area contributed by atoms with Crippen LogP contribution in [-0.4, -0.2) is 29.0 Å². The number of ketones is 2. The van der Waals surface area contributed by atoms with E-state index in [2.05, 4.69) is 15.9 Å². The minimum absolute atomic E-state index is 0.173. The van der Waals surface area contributed by atoms with E-state index < -0.39 is 46.9 Å². The van der Waals surface area contributed by atoms with E-state index in [1.165, 1.54) is 30.3 Å². The molecule has 1 spiro atoms. The van der Waals surface area contributed by atoms with Crippen LogP contribution in [-0.2, 0) is 14.3 Å². The van der Waals surface area contributed by atoms with Crippen LogP contribution in [0, 0.1) is 11.8 Å². The predicted octanol–water partition coefficient (Wildman–Crippen LogP) is 5.45. The molecule has 0 radical (unpaired) electrons. The average molecular weight is 571 g/mol. The van der Waals surface area contributed by atoms with E-state index in [1.807, 2.05) is 0 Å². The largest absolute Gasteiger partial charge is 0.349 e. The zero-order valence-corrected chi connectivity index (χ0v) is 20.8. The molecule has 3 aromatic carbocycles. The molecule has 9 heteroatoms. The molecule has 6 rings (SSSR count). The molecule has 174 valence electrons. The maximum atomic E-state index is 13.9. The van der Waals surface area contributed by atoms with Crippen LogP contribution in [0.4, 0.5) is 5.69 Å². The summed E-state index contributed by atoms with van der Waals surface area (Å²) in [5.41, 5.74) is -1.03. The highest BCUT2D eigenvalue weighted by atomic mass is 79.9. The van der Waals surface area contributed by atoms with Crippen LogP contribution in [0.15, 0.2) is 71.2 Å². The molecule has 0 unspecified atom stereocenters. The lowest BCUT2D eigenvalue weighted by Gasteiger charge is -2.27. The Balaban J connectivity index is 1.55. The van der Waals surface area contributed by atoms with Crippen LogP contribution >= 0.6 is 39.1 Å². The Morgan fingerprint density at radius 1 is 0.800 bits per heavy atom. The number of hydrogen-bond donors (Lipinski definition) is 0. The Morgan fingerprint density at radius 2 is 1.37 bits per heavy atom. The molecule has 3 aliphatic rings. The summed E-state index contributed by atoms with van der Waals surface area (Å²) >= 11 is 15.7. The van der Waals surface area contributed by atoms with E-state index >= 15 is 0 Å². The lowest BCUT2D eigenvalue weighted by atomic mass is 9.77. The van der Waals surface area contributed by atoms with E-state index in [0.717, 1.165) is 9.37 Å². The lowest BCUT2D eigenvalue weighted by Crippen LogP contribution is -2.51. The Kier molecular flexibility index (Phi) is 5.06. The number of ether oxygens (including phenoxy) is 1. The summed E-state index contributed by atoms with van der Waals surface area (Å²) in [5, 5.41) is 0.474. The zero-order valence-electron chi connectivity index (χ0n) is 17.7. The first-order valence-electron chi connectivity index (χ1n) is 10.7.